The molecule has 1 aliphatic heterocycles. The molecule has 5 rings (SSSR count). The van der Waals surface area contributed by atoms with Gasteiger partial charge in [0.1, 0.15) is 11.6 Å². The lowest BCUT2D eigenvalue weighted by molar-refractivity contribution is 0.102. The molecule has 8 heteroatoms. The lowest BCUT2D eigenvalue weighted by Gasteiger charge is -2.34. The van der Waals surface area contributed by atoms with Crippen molar-refractivity contribution in [2.24, 2.45) is 0 Å². The topological polar surface area (TPSA) is 86.3 Å². The summed E-state index contributed by atoms with van der Waals surface area (Å²) < 4.78 is 0. The minimum atomic E-state index is -0.275. The summed E-state index contributed by atoms with van der Waals surface area (Å²) >= 11 is 0. The molecular formula is C25H29N7O. The molecule has 1 aromatic carbocycles. The molecule has 2 aliphatic rings. The number of aryl methyl sites for hydroxylation is 1. The van der Waals surface area contributed by atoms with Gasteiger partial charge in [-0.05, 0) is 62.7 Å². The largest absolute Gasteiger partial charge is 0.382 e. The van der Waals surface area contributed by atoms with Gasteiger partial charge in [-0.25, -0.2) is 15.0 Å². The number of nitrogens with one attached hydrogen (secondary N) is 2. The van der Waals surface area contributed by atoms with E-state index in [1.165, 1.54) is 30.9 Å². The number of hydrogen-bond acceptors (Lipinski definition) is 7. The summed E-state index contributed by atoms with van der Waals surface area (Å²) in [7, 11) is 2.17. The maximum Gasteiger partial charge on any atom is 0.259 e. The van der Waals surface area contributed by atoms with Gasteiger partial charge in [-0.15, -0.1) is 0 Å². The normalized spacial score (nSPS) is 16.5. The van der Waals surface area contributed by atoms with Gasteiger partial charge in [-0.1, -0.05) is 0 Å². The van der Waals surface area contributed by atoms with Gasteiger partial charge in [0.25, 0.3) is 5.91 Å². The van der Waals surface area contributed by atoms with E-state index in [4.69, 9.17) is 0 Å². The Morgan fingerprint density at radius 3 is 2.36 bits per heavy atom. The summed E-state index contributed by atoms with van der Waals surface area (Å²) in [4.78, 5) is 29.9. The van der Waals surface area contributed by atoms with Crippen LogP contribution in [0.15, 0.2) is 48.9 Å². The fourth-order valence-corrected chi connectivity index (χ4v) is 3.91. The fourth-order valence-electron chi connectivity index (χ4n) is 3.91. The van der Waals surface area contributed by atoms with E-state index < -0.39 is 0 Å². The summed E-state index contributed by atoms with van der Waals surface area (Å²) in [6, 6.07) is 11.1. The van der Waals surface area contributed by atoms with Crippen LogP contribution in [0.1, 0.15) is 29.0 Å². The van der Waals surface area contributed by atoms with Gasteiger partial charge >= 0.3 is 0 Å². The van der Waals surface area contributed by atoms with Gasteiger partial charge in [0.2, 0.25) is 0 Å². The SMILES string of the molecule is Cc1ncc(C(=O)Nc2ccc(-c3cc(NC4CC4)cc(N4CCN(C)CC4)c3)cn2)cn1. The Morgan fingerprint density at radius 2 is 1.70 bits per heavy atom. The Balaban J connectivity index is 1.35. The van der Waals surface area contributed by atoms with Crippen molar-refractivity contribution in [1.82, 2.24) is 19.9 Å². The van der Waals surface area contributed by atoms with E-state index >= 15 is 0 Å². The molecule has 0 radical (unpaired) electrons. The molecule has 1 saturated heterocycles. The minimum Gasteiger partial charge on any atom is -0.382 e. The maximum absolute atomic E-state index is 12.4. The van der Waals surface area contributed by atoms with Crippen molar-refractivity contribution in [2.45, 2.75) is 25.8 Å². The van der Waals surface area contributed by atoms with Crippen LogP contribution in [0.25, 0.3) is 11.1 Å². The van der Waals surface area contributed by atoms with E-state index in [0.717, 1.165) is 43.0 Å². The van der Waals surface area contributed by atoms with Crippen LogP contribution in [0.3, 0.4) is 0 Å². The third-order valence-electron chi connectivity index (χ3n) is 6.12. The first kappa shape index (κ1) is 21.3. The number of likely N-dealkylation sites (N-methyl/N-ethyl adjacent to an activating group) is 1. The molecule has 0 unspecified atom stereocenters. The second kappa shape index (κ2) is 9.15. The number of hydrogen-bond donors (Lipinski definition) is 2. The van der Waals surface area contributed by atoms with Crippen LogP contribution in [0.2, 0.25) is 0 Å². The van der Waals surface area contributed by atoms with Crippen molar-refractivity contribution in [3.05, 3.63) is 60.3 Å². The second-order valence-electron chi connectivity index (χ2n) is 8.88. The standard InChI is InChI=1S/C25H29N7O/c1-17-26-15-20(16-27-17)25(33)30-24-6-3-18(14-28-24)19-11-22(29-21-4-5-21)13-23(12-19)32-9-7-31(2)8-10-32/h3,6,11-16,21,29H,4-5,7-10H2,1-2H3,(H,28,30,33). The molecular weight excluding hydrogens is 414 g/mol. The molecule has 1 aliphatic carbocycles. The van der Waals surface area contributed by atoms with Gasteiger partial charge in [0, 0.05) is 67.7 Å². The van der Waals surface area contributed by atoms with Crippen LogP contribution in [-0.4, -0.2) is 65.0 Å². The van der Waals surface area contributed by atoms with Crippen LogP contribution in [0.4, 0.5) is 17.2 Å². The van der Waals surface area contributed by atoms with E-state index in [1.807, 2.05) is 18.3 Å². The monoisotopic (exact) mass is 443 g/mol. The van der Waals surface area contributed by atoms with E-state index in [2.05, 4.69) is 60.6 Å². The van der Waals surface area contributed by atoms with Gasteiger partial charge in [0.05, 0.1) is 5.56 Å². The van der Waals surface area contributed by atoms with Crippen molar-refractivity contribution in [3.63, 3.8) is 0 Å². The summed E-state index contributed by atoms with van der Waals surface area (Å²) in [6.45, 7) is 5.96. The van der Waals surface area contributed by atoms with Crippen LogP contribution in [0.5, 0.6) is 0 Å². The molecule has 3 heterocycles. The second-order valence-corrected chi connectivity index (χ2v) is 8.88. The van der Waals surface area contributed by atoms with Crippen LogP contribution < -0.4 is 15.5 Å². The molecule has 1 amide bonds. The molecule has 170 valence electrons. The summed E-state index contributed by atoms with van der Waals surface area (Å²) in [5.74, 6) is 0.850. The molecule has 1 saturated carbocycles. The number of piperazine rings is 1. The highest BCUT2D eigenvalue weighted by Gasteiger charge is 2.22. The first-order valence-electron chi connectivity index (χ1n) is 11.4. The van der Waals surface area contributed by atoms with Gasteiger partial charge in [-0.2, -0.15) is 0 Å². The molecule has 2 N–H and O–H groups in total. The zero-order valence-electron chi connectivity index (χ0n) is 19.1. The van der Waals surface area contributed by atoms with Crippen molar-refractivity contribution in [2.75, 3.05) is 48.8 Å². The van der Waals surface area contributed by atoms with Gasteiger partial charge in [0.15, 0.2) is 0 Å². The quantitative estimate of drug-likeness (QED) is 0.604. The number of carbonyl (C=O) groups excluding carboxylic acids is 1. The summed E-state index contributed by atoms with van der Waals surface area (Å²) in [5.41, 5.74) is 4.93. The average Bonchev–Trinajstić information content (AvgIpc) is 3.64. The first-order valence-corrected chi connectivity index (χ1v) is 11.4. The van der Waals surface area contributed by atoms with Crippen molar-refractivity contribution >= 4 is 23.1 Å². The van der Waals surface area contributed by atoms with E-state index in [9.17, 15) is 4.79 Å². The third kappa shape index (κ3) is 5.28. The van der Waals surface area contributed by atoms with Crippen LogP contribution in [-0.2, 0) is 0 Å². The van der Waals surface area contributed by atoms with Crippen LogP contribution in [0, 0.1) is 6.92 Å². The number of benzene rings is 1. The predicted molar refractivity (Wildman–Crippen MR) is 131 cm³/mol. The zero-order chi connectivity index (χ0) is 22.8. The lowest BCUT2D eigenvalue weighted by atomic mass is 10.0. The summed E-state index contributed by atoms with van der Waals surface area (Å²) in [5, 5.41) is 6.46. The van der Waals surface area contributed by atoms with Gasteiger partial charge < -0.3 is 20.4 Å². The smallest absolute Gasteiger partial charge is 0.259 e. The first-order chi connectivity index (χ1) is 16.0. The highest BCUT2D eigenvalue weighted by molar-refractivity contribution is 6.03. The number of nitrogens with zero attached hydrogens (tertiary/aromatic N) is 5. The molecule has 2 fully saturated rings. The Labute approximate surface area is 194 Å². The number of rotatable bonds is 6. The Bertz CT molecular complexity index is 1120. The van der Waals surface area contributed by atoms with E-state index in [0.29, 0.717) is 23.2 Å². The van der Waals surface area contributed by atoms with Crippen molar-refractivity contribution in [3.8, 4) is 11.1 Å². The average molecular weight is 444 g/mol. The molecule has 0 atom stereocenters. The Hall–Kier alpha value is -3.52. The highest BCUT2D eigenvalue weighted by atomic mass is 16.1. The molecule has 3 aromatic rings. The predicted octanol–water partition coefficient (Wildman–Crippen LogP) is 3.43. The summed E-state index contributed by atoms with van der Waals surface area (Å²) in [6.07, 6.45) is 7.31. The molecule has 2 aromatic heterocycles. The third-order valence-corrected chi connectivity index (χ3v) is 6.12. The number of amides is 1. The minimum absolute atomic E-state index is 0.275. The Morgan fingerprint density at radius 1 is 0.939 bits per heavy atom. The molecule has 33 heavy (non-hydrogen) atoms. The molecule has 0 bridgehead atoms. The van der Waals surface area contributed by atoms with E-state index in [-0.39, 0.29) is 5.91 Å². The van der Waals surface area contributed by atoms with E-state index in [1.54, 1.807) is 6.92 Å². The van der Waals surface area contributed by atoms with Crippen molar-refractivity contribution in [1.29, 1.82) is 0 Å². The maximum atomic E-state index is 12.4. The number of aromatic nitrogens is 3. The lowest BCUT2D eigenvalue weighted by Crippen LogP contribution is -2.44. The fraction of sp³-hybridized carbons (Fsp3) is 0.360. The highest BCUT2D eigenvalue weighted by Crippen LogP contribution is 2.33. The van der Waals surface area contributed by atoms with Crippen LogP contribution >= 0.6 is 0 Å². The number of carbonyl (C=O) groups is 1. The zero-order valence-corrected chi connectivity index (χ0v) is 19.1. The Kier molecular flexibility index (Phi) is 5.92. The molecule has 0 spiro atoms. The molecule has 8 nitrogen and oxygen atoms in total. The van der Waals surface area contributed by atoms with Crippen molar-refractivity contribution < 1.29 is 4.79 Å². The number of anilines is 3. The van der Waals surface area contributed by atoms with Gasteiger partial charge in [-0.3, -0.25) is 4.79 Å². The number of pyridine rings is 1.